The molecule has 102 valence electrons. The van der Waals surface area contributed by atoms with Crippen molar-refractivity contribution < 1.29 is 24.2 Å². The number of β-lactam (4-membered cyclic amide) rings is 1. The van der Waals surface area contributed by atoms with E-state index in [2.05, 4.69) is 10.1 Å². The van der Waals surface area contributed by atoms with Gasteiger partial charge in [-0.05, 0) is 17.9 Å². The lowest BCUT2D eigenvalue weighted by molar-refractivity contribution is -0.153. The lowest BCUT2D eigenvalue weighted by Crippen LogP contribution is -2.68. The smallest absolute Gasteiger partial charge is 0.404 e. The number of carboxylic acid groups (broad SMARTS) is 1. The largest absolute Gasteiger partial charge is 0.477 e. The molecule has 19 heavy (non-hydrogen) atoms. The van der Waals surface area contributed by atoms with Crippen molar-refractivity contribution >= 4 is 18.0 Å². The molecule has 2 saturated heterocycles. The van der Waals surface area contributed by atoms with Gasteiger partial charge in [-0.25, -0.2) is 9.59 Å². The van der Waals surface area contributed by atoms with E-state index in [-0.39, 0.29) is 36.2 Å². The Kier molecular flexibility index (Phi) is 2.49. The van der Waals surface area contributed by atoms with Gasteiger partial charge in [0.2, 0.25) is 5.91 Å². The highest BCUT2D eigenvalue weighted by Gasteiger charge is 2.59. The molecular weight excluding hydrogens is 254 g/mol. The molecule has 3 aliphatic rings. The van der Waals surface area contributed by atoms with Crippen LogP contribution in [-0.2, 0) is 14.3 Å². The van der Waals surface area contributed by atoms with Crippen LogP contribution < -0.4 is 11.1 Å². The van der Waals surface area contributed by atoms with Gasteiger partial charge in [0.05, 0.1) is 6.04 Å². The number of ether oxygens (including phenoxy) is 1. The fourth-order valence-corrected chi connectivity index (χ4v) is 3.18. The number of amides is 2. The van der Waals surface area contributed by atoms with Gasteiger partial charge in [-0.3, -0.25) is 9.69 Å². The Labute approximate surface area is 108 Å². The van der Waals surface area contributed by atoms with Gasteiger partial charge in [-0.15, -0.1) is 0 Å². The van der Waals surface area contributed by atoms with Gasteiger partial charge in [0, 0.05) is 6.54 Å². The number of hydrogen-bond acceptors (Lipinski definition) is 5. The monoisotopic (exact) mass is 267 g/mol. The summed E-state index contributed by atoms with van der Waals surface area (Å²) in [7, 11) is 0. The Morgan fingerprint density at radius 2 is 2.26 bits per heavy atom. The quantitative estimate of drug-likeness (QED) is 0.542. The van der Waals surface area contributed by atoms with E-state index in [1.165, 1.54) is 4.90 Å². The molecule has 2 amide bonds. The Morgan fingerprint density at radius 1 is 1.53 bits per heavy atom. The highest BCUT2D eigenvalue weighted by atomic mass is 16.5. The molecule has 0 saturated carbocycles. The van der Waals surface area contributed by atoms with Crippen molar-refractivity contribution in [3.05, 3.63) is 11.3 Å². The van der Waals surface area contributed by atoms with Crippen molar-refractivity contribution in [1.82, 2.24) is 10.2 Å². The number of rotatable bonds is 3. The van der Waals surface area contributed by atoms with E-state index in [1.54, 1.807) is 0 Å². The third-order valence-electron chi connectivity index (χ3n) is 3.90. The maximum absolute atomic E-state index is 11.9. The Bertz CT molecular complexity index is 514. The summed E-state index contributed by atoms with van der Waals surface area (Å²) in [6, 6.07) is -0.353. The zero-order valence-electron chi connectivity index (χ0n) is 9.96. The summed E-state index contributed by atoms with van der Waals surface area (Å²) in [6.45, 7) is 0.471. The van der Waals surface area contributed by atoms with Crippen LogP contribution >= 0.6 is 0 Å². The van der Waals surface area contributed by atoms with Crippen LogP contribution in [0.3, 0.4) is 0 Å². The van der Waals surface area contributed by atoms with Gasteiger partial charge in [0.15, 0.2) is 0 Å². The molecule has 8 heteroatoms. The Hall–Kier alpha value is -2.09. The van der Waals surface area contributed by atoms with Gasteiger partial charge in [-0.1, -0.05) is 0 Å². The van der Waals surface area contributed by atoms with Crippen LogP contribution in [0.5, 0.6) is 0 Å². The van der Waals surface area contributed by atoms with E-state index in [1.807, 2.05) is 0 Å². The number of primary amides is 1. The van der Waals surface area contributed by atoms with Crippen LogP contribution in [0.15, 0.2) is 11.3 Å². The minimum absolute atomic E-state index is 0.0625. The fraction of sp³-hybridized carbons (Fsp3) is 0.545. The Balaban J connectivity index is 1.93. The third-order valence-corrected chi connectivity index (χ3v) is 3.90. The molecule has 3 heterocycles. The third kappa shape index (κ3) is 1.60. The number of hydrogen-bond donors (Lipinski definition) is 3. The first-order valence-electron chi connectivity index (χ1n) is 5.94. The highest BCUT2D eigenvalue weighted by Crippen LogP contribution is 2.43. The summed E-state index contributed by atoms with van der Waals surface area (Å²) in [6.07, 6.45) is -0.468. The number of carbonyl (C=O) groups excluding carboxylic acids is 2. The molecular formula is C11H13N3O5. The second-order valence-corrected chi connectivity index (χ2v) is 4.91. The molecule has 8 nitrogen and oxygen atoms in total. The van der Waals surface area contributed by atoms with E-state index in [0.717, 1.165) is 0 Å². The molecule has 0 radical (unpaired) electrons. The maximum atomic E-state index is 11.9. The summed E-state index contributed by atoms with van der Waals surface area (Å²) >= 11 is 0. The molecule has 0 aromatic carbocycles. The van der Waals surface area contributed by atoms with Crippen LogP contribution in [0, 0.1) is 5.92 Å². The number of nitrogens with one attached hydrogen (secondary N) is 1. The maximum Gasteiger partial charge on any atom is 0.404 e. The molecule has 0 aromatic heterocycles. The molecule has 3 atom stereocenters. The predicted octanol–water partition coefficient (Wildman–Crippen LogP) is -1.38. The van der Waals surface area contributed by atoms with Crippen molar-refractivity contribution in [3.8, 4) is 0 Å². The van der Waals surface area contributed by atoms with Crippen LogP contribution in [0.25, 0.3) is 0 Å². The molecule has 0 bridgehead atoms. The van der Waals surface area contributed by atoms with Gasteiger partial charge >= 0.3 is 12.1 Å². The van der Waals surface area contributed by atoms with Gasteiger partial charge in [0.1, 0.15) is 18.3 Å². The van der Waals surface area contributed by atoms with Crippen LogP contribution in [0.2, 0.25) is 0 Å². The summed E-state index contributed by atoms with van der Waals surface area (Å²) in [5, 5.41) is 12.3. The topological polar surface area (TPSA) is 122 Å². The van der Waals surface area contributed by atoms with Gasteiger partial charge in [-0.2, -0.15) is 0 Å². The first-order valence-corrected chi connectivity index (χ1v) is 5.94. The lowest BCUT2D eigenvalue weighted by Gasteiger charge is -2.48. The zero-order chi connectivity index (χ0) is 13.7. The van der Waals surface area contributed by atoms with Gasteiger partial charge < -0.3 is 20.9 Å². The fourth-order valence-electron chi connectivity index (χ4n) is 3.18. The normalized spacial score (nSPS) is 31.9. The average Bonchev–Trinajstić information content (AvgIpc) is 2.74. The first kappa shape index (κ1) is 12.0. The molecule has 2 fully saturated rings. The summed E-state index contributed by atoms with van der Waals surface area (Å²) in [5.41, 5.74) is 5.26. The van der Waals surface area contributed by atoms with E-state index >= 15 is 0 Å². The average molecular weight is 267 g/mol. The van der Waals surface area contributed by atoms with Crippen LogP contribution in [-0.4, -0.2) is 53.2 Å². The minimum Gasteiger partial charge on any atom is -0.477 e. The zero-order valence-corrected chi connectivity index (χ0v) is 9.96. The molecule has 0 aliphatic carbocycles. The molecule has 0 unspecified atom stereocenters. The van der Waals surface area contributed by atoms with Crippen molar-refractivity contribution in [2.24, 2.45) is 11.7 Å². The predicted molar refractivity (Wildman–Crippen MR) is 60.7 cm³/mol. The summed E-state index contributed by atoms with van der Waals surface area (Å²) in [4.78, 5) is 35.2. The second kappa shape index (κ2) is 3.95. The molecule has 0 aromatic rings. The minimum atomic E-state index is -1.18. The molecule has 0 spiro atoms. The van der Waals surface area contributed by atoms with Crippen molar-refractivity contribution in [1.29, 1.82) is 0 Å². The van der Waals surface area contributed by atoms with Crippen molar-refractivity contribution in [2.75, 3.05) is 13.2 Å². The first-order chi connectivity index (χ1) is 9.00. The van der Waals surface area contributed by atoms with E-state index < -0.39 is 12.1 Å². The lowest BCUT2D eigenvalue weighted by atomic mass is 9.79. The number of aliphatic carboxylic acids is 1. The molecule has 4 N–H and O–H groups in total. The second-order valence-electron chi connectivity index (χ2n) is 4.91. The SMILES string of the molecule is NC(=O)OCC1=C(C(=O)O)N2C(=O)[C@H]3NC[C@@H](C1)[C@H]32. The number of nitrogens with two attached hydrogens (primary N) is 1. The summed E-state index contributed by atoms with van der Waals surface area (Å²) < 4.78 is 4.67. The van der Waals surface area contributed by atoms with Gasteiger partial charge in [0.25, 0.3) is 0 Å². The Morgan fingerprint density at radius 3 is 2.89 bits per heavy atom. The molecule has 3 rings (SSSR count). The highest BCUT2D eigenvalue weighted by molar-refractivity contribution is 6.00. The van der Waals surface area contributed by atoms with Crippen molar-refractivity contribution in [3.63, 3.8) is 0 Å². The summed E-state index contributed by atoms with van der Waals surface area (Å²) in [5.74, 6) is -1.25. The van der Waals surface area contributed by atoms with E-state index in [0.29, 0.717) is 18.5 Å². The van der Waals surface area contributed by atoms with Crippen LogP contribution in [0.1, 0.15) is 6.42 Å². The van der Waals surface area contributed by atoms with Crippen LogP contribution in [0.4, 0.5) is 4.79 Å². The number of nitrogens with zero attached hydrogens (tertiary/aromatic N) is 1. The number of carbonyl (C=O) groups is 3. The van der Waals surface area contributed by atoms with Crippen molar-refractivity contribution in [2.45, 2.75) is 18.5 Å². The molecule has 3 aliphatic heterocycles. The van der Waals surface area contributed by atoms with E-state index in [4.69, 9.17) is 5.73 Å². The van der Waals surface area contributed by atoms with E-state index in [9.17, 15) is 19.5 Å². The standard InChI is InChI=1S/C11H13N3O5/c12-11(18)19-3-5-1-4-2-13-6-7(4)14(9(6)15)8(5)10(16)17/h4,6-7,13H,1-3H2,(H2,12,18)(H,16,17)/t4-,6+,7-/m1/s1. The number of carboxylic acids is 1.